The summed E-state index contributed by atoms with van der Waals surface area (Å²) in [7, 11) is 1.83. The van der Waals surface area contributed by atoms with E-state index in [1.165, 1.54) is 11.3 Å². The van der Waals surface area contributed by atoms with E-state index in [9.17, 15) is 4.79 Å². The highest BCUT2D eigenvalue weighted by Gasteiger charge is 2.14. The summed E-state index contributed by atoms with van der Waals surface area (Å²) < 4.78 is 0. The Bertz CT molecular complexity index is 338. The van der Waals surface area contributed by atoms with Gasteiger partial charge in [-0.05, 0) is 13.3 Å². The van der Waals surface area contributed by atoms with E-state index in [-0.39, 0.29) is 5.91 Å². The minimum Gasteiger partial charge on any atom is -0.341 e. The van der Waals surface area contributed by atoms with Crippen molar-refractivity contribution in [1.82, 2.24) is 9.88 Å². The molecular formula is C10H15BrN2OS. The Hall–Kier alpha value is -0.420. The Kier molecular flexibility index (Phi) is 4.73. The first-order valence-electron chi connectivity index (χ1n) is 4.82. The molecule has 15 heavy (non-hydrogen) atoms. The predicted octanol–water partition coefficient (Wildman–Crippen LogP) is 2.70. The van der Waals surface area contributed by atoms with E-state index >= 15 is 0 Å². The molecule has 1 rings (SSSR count). The molecule has 0 radical (unpaired) electrons. The van der Waals surface area contributed by atoms with Crippen LogP contribution in [0.1, 0.15) is 28.0 Å². The van der Waals surface area contributed by atoms with Crippen LogP contribution in [0.4, 0.5) is 0 Å². The lowest BCUT2D eigenvalue weighted by molar-refractivity contribution is 0.0798. The van der Waals surface area contributed by atoms with Gasteiger partial charge in [0.05, 0.1) is 11.2 Å². The van der Waals surface area contributed by atoms with E-state index in [0.29, 0.717) is 4.83 Å². The third-order valence-corrected chi connectivity index (χ3v) is 3.40. The number of nitrogens with zero attached hydrogens (tertiary/aromatic N) is 2. The number of thiazole rings is 1. The Morgan fingerprint density at radius 3 is 2.87 bits per heavy atom. The van der Waals surface area contributed by atoms with Crippen LogP contribution in [0.2, 0.25) is 0 Å². The van der Waals surface area contributed by atoms with E-state index < -0.39 is 0 Å². The summed E-state index contributed by atoms with van der Waals surface area (Å²) in [4.78, 5) is 18.8. The first kappa shape index (κ1) is 12.6. The summed E-state index contributed by atoms with van der Waals surface area (Å²) in [6.45, 7) is 4.75. The Labute approximate surface area is 103 Å². The Balaban J connectivity index is 2.53. The first-order chi connectivity index (χ1) is 7.00. The standard InChI is InChI=1S/C10H15BrN2OS/c1-7(11)4-5-13(3)10(14)9-6-12-8(2)15-9/h6-7H,4-5H2,1-3H3. The molecule has 5 heteroatoms. The molecule has 1 aromatic heterocycles. The van der Waals surface area contributed by atoms with Crippen LogP contribution in [0, 0.1) is 6.92 Å². The van der Waals surface area contributed by atoms with E-state index in [4.69, 9.17) is 0 Å². The zero-order valence-corrected chi connectivity index (χ0v) is 11.6. The minimum absolute atomic E-state index is 0.0637. The summed E-state index contributed by atoms with van der Waals surface area (Å²) >= 11 is 4.91. The number of carbonyl (C=O) groups is 1. The minimum atomic E-state index is 0.0637. The number of alkyl halides is 1. The topological polar surface area (TPSA) is 33.2 Å². The number of hydrogen-bond donors (Lipinski definition) is 0. The van der Waals surface area contributed by atoms with Gasteiger partial charge in [-0.15, -0.1) is 11.3 Å². The largest absolute Gasteiger partial charge is 0.341 e. The van der Waals surface area contributed by atoms with Crippen molar-refractivity contribution in [3.8, 4) is 0 Å². The second-order valence-corrected chi connectivity index (χ2v) is 6.34. The maximum Gasteiger partial charge on any atom is 0.265 e. The van der Waals surface area contributed by atoms with Crippen molar-refractivity contribution >= 4 is 33.2 Å². The number of aryl methyl sites for hydroxylation is 1. The fourth-order valence-electron chi connectivity index (χ4n) is 1.12. The summed E-state index contributed by atoms with van der Waals surface area (Å²) in [6.07, 6.45) is 2.61. The van der Waals surface area contributed by atoms with Crippen LogP contribution in [0.15, 0.2) is 6.20 Å². The monoisotopic (exact) mass is 290 g/mol. The average Bonchev–Trinajstić information content (AvgIpc) is 2.60. The van der Waals surface area contributed by atoms with Crippen molar-refractivity contribution < 1.29 is 4.79 Å². The maximum absolute atomic E-state index is 11.9. The smallest absolute Gasteiger partial charge is 0.265 e. The third-order valence-electron chi connectivity index (χ3n) is 2.04. The molecular weight excluding hydrogens is 276 g/mol. The van der Waals surface area contributed by atoms with Gasteiger partial charge < -0.3 is 4.90 Å². The normalized spacial score (nSPS) is 12.5. The molecule has 3 nitrogen and oxygen atoms in total. The van der Waals surface area contributed by atoms with E-state index in [0.717, 1.165) is 22.9 Å². The maximum atomic E-state index is 11.9. The molecule has 0 spiro atoms. The number of amides is 1. The highest BCUT2D eigenvalue weighted by Crippen LogP contribution is 2.14. The molecule has 0 aliphatic rings. The highest BCUT2D eigenvalue weighted by atomic mass is 79.9. The molecule has 0 saturated carbocycles. The Morgan fingerprint density at radius 1 is 1.73 bits per heavy atom. The molecule has 1 unspecified atom stereocenters. The highest BCUT2D eigenvalue weighted by molar-refractivity contribution is 9.09. The van der Waals surface area contributed by atoms with Gasteiger partial charge in [0, 0.05) is 18.4 Å². The lowest BCUT2D eigenvalue weighted by atomic mass is 10.3. The second kappa shape index (κ2) is 5.61. The third kappa shape index (κ3) is 3.91. The molecule has 0 aromatic carbocycles. The van der Waals surface area contributed by atoms with E-state index in [1.807, 2.05) is 14.0 Å². The van der Waals surface area contributed by atoms with Crippen LogP contribution in [-0.4, -0.2) is 34.2 Å². The van der Waals surface area contributed by atoms with Crippen molar-refractivity contribution in [3.63, 3.8) is 0 Å². The predicted molar refractivity (Wildman–Crippen MR) is 66.8 cm³/mol. The SMILES string of the molecule is Cc1ncc(C(=O)N(C)CCC(C)Br)s1. The van der Waals surface area contributed by atoms with E-state index in [1.54, 1.807) is 11.1 Å². The second-order valence-electron chi connectivity index (χ2n) is 3.54. The number of carbonyl (C=O) groups excluding carboxylic acids is 1. The summed E-state index contributed by atoms with van der Waals surface area (Å²) in [5.41, 5.74) is 0. The van der Waals surface area contributed by atoms with Crippen LogP contribution >= 0.6 is 27.3 Å². The summed E-state index contributed by atoms with van der Waals surface area (Å²) in [5.74, 6) is 0.0637. The van der Waals surface area contributed by atoms with Gasteiger partial charge >= 0.3 is 0 Å². The molecule has 1 atom stereocenters. The van der Waals surface area contributed by atoms with Crippen LogP contribution in [0.3, 0.4) is 0 Å². The average molecular weight is 291 g/mol. The zero-order valence-electron chi connectivity index (χ0n) is 9.16. The Morgan fingerprint density at radius 2 is 2.40 bits per heavy atom. The number of halogens is 1. The molecule has 84 valence electrons. The van der Waals surface area contributed by atoms with Crippen LogP contribution in [0.5, 0.6) is 0 Å². The number of rotatable bonds is 4. The van der Waals surface area contributed by atoms with Gasteiger partial charge in [-0.1, -0.05) is 22.9 Å². The van der Waals surface area contributed by atoms with Gasteiger partial charge in [0.25, 0.3) is 5.91 Å². The van der Waals surface area contributed by atoms with Gasteiger partial charge in [-0.25, -0.2) is 4.98 Å². The van der Waals surface area contributed by atoms with Gasteiger partial charge in [0.1, 0.15) is 4.88 Å². The van der Waals surface area contributed by atoms with Gasteiger partial charge in [0.15, 0.2) is 0 Å². The molecule has 0 aliphatic heterocycles. The van der Waals surface area contributed by atoms with Crippen molar-refractivity contribution in [2.45, 2.75) is 25.1 Å². The van der Waals surface area contributed by atoms with Crippen LogP contribution < -0.4 is 0 Å². The number of aromatic nitrogens is 1. The first-order valence-corrected chi connectivity index (χ1v) is 6.56. The van der Waals surface area contributed by atoms with Crippen molar-refractivity contribution in [2.75, 3.05) is 13.6 Å². The van der Waals surface area contributed by atoms with Gasteiger partial charge in [0.2, 0.25) is 0 Å². The van der Waals surface area contributed by atoms with Crippen molar-refractivity contribution in [2.24, 2.45) is 0 Å². The molecule has 0 fully saturated rings. The van der Waals surface area contributed by atoms with Crippen molar-refractivity contribution in [3.05, 3.63) is 16.1 Å². The van der Waals surface area contributed by atoms with Crippen molar-refractivity contribution in [1.29, 1.82) is 0 Å². The number of hydrogen-bond acceptors (Lipinski definition) is 3. The quantitative estimate of drug-likeness (QED) is 0.799. The molecule has 1 amide bonds. The lowest BCUT2D eigenvalue weighted by Gasteiger charge is -2.16. The molecule has 0 N–H and O–H groups in total. The molecule has 1 aromatic rings. The molecule has 1 heterocycles. The molecule has 0 saturated heterocycles. The van der Waals surface area contributed by atoms with Gasteiger partial charge in [-0.2, -0.15) is 0 Å². The van der Waals surface area contributed by atoms with Crippen LogP contribution in [0.25, 0.3) is 0 Å². The fraction of sp³-hybridized carbons (Fsp3) is 0.600. The van der Waals surface area contributed by atoms with E-state index in [2.05, 4.69) is 27.8 Å². The summed E-state index contributed by atoms with van der Waals surface area (Å²) in [6, 6.07) is 0. The molecule has 0 aliphatic carbocycles. The van der Waals surface area contributed by atoms with Crippen LogP contribution in [-0.2, 0) is 0 Å². The lowest BCUT2D eigenvalue weighted by Crippen LogP contribution is -2.28. The fourth-order valence-corrected chi connectivity index (χ4v) is 2.10. The summed E-state index contributed by atoms with van der Waals surface area (Å²) in [5, 5.41) is 0.931. The molecule has 0 bridgehead atoms. The zero-order chi connectivity index (χ0) is 11.4. The van der Waals surface area contributed by atoms with Gasteiger partial charge in [-0.3, -0.25) is 4.79 Å².